The summed E-state index contributed by atoms with van der Waals surface area (Å²) in [6, 6.07) is 8.98. The molecule has 1 N–H and O–H groups in total. The molecule has 0 radical (unpaired) electrons. The van der Waals surface area contributed by atoms with E-state index in [9.17, 15) is 9.90 Å². The van der Waals surface area contributed by atoms with Crippen LogP contribution in [0.15, 0.2) is 30.3 Å². The molecule has 0 bridgehead atoms. The summed E-state index contributed by atoms with van der Waals surface area (Å²) >= 11 is 0. The minimum atomic E-state index is -1.06. The average Bonchev–Trinajstić information content (AvgIpc) is 2.39. The molecule has 4 heteroatoms. The Morgan fingerprint density at radius 2 is 1.88 bits per heavy atom. The minimum absolute atomic E-state index is 0.241. The Kier molecular flexibility index (Phi) is 3.54. The molecule has 1 aromatic carbocycles. The first-order valence-electron chi connectivity index (χ1n) is 5.38. The van der Waals surface area contributed by atoms with E-state index < -0.39 is 6.10 Å². The number of morpholine rings is 1. The molecule has 4 nitrogen and oxygen atoms in total. The molecular formula is C12H15NO3. The molecule has 1 fully saturated rings. The third kappa shape index (κ3) is 2.40. The number of amides is 1. The third-order valence-electron chi connectivity index (χ3n) is 2.67. The predicted octanol–water partition coefficient (Wildman–Crippen LogP) is 0.579. The van der Waals surface area contributed by atoms with Gasteiger partial charge in [0.25, 0.3) is 5.91 Å². The quantitative estimate of drug-likeness (QED) is 0.794. The van der Waals surface area contributed by atoms with Gasteiger partial charge in [0.1, 0.15) is 0 Å². The number of carbonyl (C=O) groups is 1. The van der Waals surface area contributed by atoms with Gasteiger partial charge in [-0.05, 0) is 5.56 Å². The second-order valence-electron chi connectivity index (χ2n) is 3.75. The minimum Gasteiger partial charge on any atom is -0.378 e. The van der Waals surface area contributed by atoms with Crippen molar-refractivity contribution in [3.05, 3.63) is 35.9 Å². The van der Waals surface area contributed by atoms with E-state index in [1.54, 1.807) is 17.0 Å². The van der Waals surface area contributed by atoms with E-state index in [0.29, 0.717) is 31.9 Å². The van der Waals surface area contributed by atoms with Crippen LogP contribution in [0.5, 0.6) is 0 Å². The number of benzene rings is 1. The highest BCUT2D eigenvalue weighted by molar-refractivity contribution is 5.82. The van der Waals surface area contributed by atoms with Gasteiger partial charge in [-0.15, -0.1) is 0 Å². The standard InChI is InChI=1S/C12H15NO3/c14-11(10-4-2-1-3-5-10)12(15)13-6-8-16-9-7-13/h1-5,11,14H,6-9H2. The Labute approximate surface area is 94.4 Å². The van der Waals surface area contributed by atoms with Crippen LogP contribution >= 0.6 is 0 Å². The fourth-order valence-corrected chi connectivity index (χ4v) is 1.73. The van der Waals surface area contributed by atoms with Gasteiger partial charge < -0.3 is 14.7 Å². The van der Waals surface area contributed by atoms with Crippen molar-refractivity contribution in [1.29, 1.82) is 0 Å². The summed E-state index contributed by atoms with van der Waals surface area (Å²) in [5, 5.41) is 9.91. The Morgan fingerprint density at radius 1 is 1.25 bits per heavy atom. The molecule has 0 aliphatic carbocycles. The molecule has 1 amide bonds. The van der Waals surface area contributed by atoms with Gasteiger partial charge in [-0.1, -0.05) is 30.3 Å². The second kappa shape index (κ2) is 5.09. The van der Waals surface area contributed by atoms with Crippen molar-refractivity contribution in [1.82, 2.24) is 4.90 Å². The van der Waals surface area contributed by atoms with Gasteiger partial charge in [0, 0.05) is 13.1 Å². The van der Waals surface area contributed by atoms with Crippen molar-refractivity contribution in [2.24, 2.45) is 0 Å². The van der Waals surface area contributed by atoms with Crippen LogP contribution < -0.4 is 0 Å². The number of hydrogen-bond donors (Lipinski definition) is 1. The molecule has 86 valence electrons. The van der Waals surface area contributed by atoms with Crippen LogP contribution in [-0.2, 0) is 9.53 Å². The third-order valence-corrected chi connectivity index (χ3v) is 2.67. The number of rotatable bonds is 2. The molecule has 2 rings (SSSR count). The summed E-state index contributed by atoms with van der Waals surface area (Å²) < 4.78 is 5.16. The molecule has 0 saturated carbocycles. The predicted molar refractivity (Wildman–Crippen MR) is 58.8 cm³/mol. The highest BCUT2D eigenvalue weighted by atomic mass is 16.5. The molecule has 1 saturated heterocycles. The van der Waals surface area contributed by atoms with Crippen LogP contribution in [0.25, 0.3) is 0 Å². The van der Waals surface area contributed by atoms with E-state index in [4.69, 9.17) is 4.74 Å². The lowest BCUT2D eigenvalue weighted by atomic mass is 10.1. The molecule has 0 spiro atoms. The van der Waals surface area contributed by atoms with Crippen LogP contribution in [0.2, 0.25) is 0 Å². The van der Waals surface area contributed by atoms with Gasteiger partial charge in [-0.2, -0.15) is 0 Å². The molecule has 1 unspecified atom stereocenters. The van der Waals surface area contributed by atoms with Gasteiger partial charge >= 0.3 is 0 Å². The molecule has 1 atom stereocenters. The number of hydrogen-bond acceptors (Lipinski definition) is 3. The highest BCUT2D eigenvalue weighted by Gasteiger charge is 2.24. The number of carbonyl (C=O) groups excluding carboxylic acids is 1. The number of aliphatic hydroxyl groups excluding tert-OH is 1. The van der Waals surface area contributed by atoms with E-state index in [0.717, 1.165) is 0 Å². The fourth-order valence-electron chi connectivity index (χ4n) is 1.73. The topological polar surface area (TPSA) is 49.8 Å². The van der Waals surface area contributed by atoms with Crippen molar-refractivity contribution in [2.75, 3.05) is 26.3 Å². The Balaban J connectivity index is 2.04. The van der Waals surface area contributed by atoms with Crippen LogP contribution in [0.1, 0.15) is 11.7 Å². The van der Waals surface area contributed by atoms with Gasteiger partial charge in [0.15, 0.2) is 6.10 Å². The van der Waals surface area contributed by atoms with Crippen LogP contribution in [0, 0.1) is 0 Å². The average molecular weight is 221 g/mol. The monoisotopic (exact) mass is 221 g/mol. The lowest BCUT2D eigenvalue weighted by molar-refractivity contribution is -0.144. The molecule has 1 heterocycles. The number of nitrogens with zero attached hydrogens (tertiary/aromatic N) is 1. The summed E-state index contributed by atoms with van der Waals surface area (Å²) in [6.45, 7) is 2.21. The Hall–Kier alpha value is -1.39. The molecule has 1 aliphatic rings. The largest absolute Gasteiger partial charge is 0.378 e. The maximum absolute atomic E-state index is 11.9. The van der Waals surface area contributed by atoms with Crippen molar-refractivity contribution < 1.29 is 14.6 Å². The van der Waals surface area contributed by atoms with E-state index in [1.807, 2.05) is 18.2 Å². The zero-order valence-electron chi connectivity index (χ0n) is 9.00. The van der Waals surface area contributed by atoms with Crippen LogP contribution in [0.4, 0.5) is 0 Å². The van der Waals surface area contributed by atoms with Crippen LogP contribution in [0.3, 0.4) is 0 Å². The first kappa shape index (κ1) is 11.1. The first-order valence-corrected chi connectivity index (χ1v) is 5.38. The van der Waals surface area contributed by atoms with E-state index in [-0.39, 0.29) is 5.91 Å². The SMILES string of the molecule is O=C(C(O)c1ccccc1)N1CCOCC1. The Morgan fingerprint density at radius 3 is 2.50 bits per heavy atom. The van der Waals surface area contributed by atoms with Gasteiger partial charge in [0.05, 0.1) is 13.2 Å². The molecule has 0 aromatic heterocycles. The first-order chi connectivity index (χ1) is 7.79. The van der Waals surface area contributed by atoms with E-state index in [2.05, 4.69) is 0 Å². The summed E-state index contributed by atoms with van der Waals surface area (Å²) in [7, 11) is 0. The van der Waals surface area contributed by atoms with Gasteiger partial charge in [0.2, 0.25) is 0 Å². The molecule has 1 aliphatic heterocycles. The van der Waals surface area contributed by atoms with Crippen molar-refractivity contribution in [3.8, 4) is 0 Å². The van der Waals surface area contributed by atoms with Crippen LogP contribution in [-0.4, -0.2) is 42.2 Å². The lowest BCUT2D eigenvalue weighted by Crippen LogP contribution is -2.43. The van der Waals surface area contributed by atoms with E-state index in [1.165, 1.54) is 0 Å². The van der Waals surface area contributed by atoms with Crippen molar-refractivity contribution in [2.45, 2.75) is 6.10 Å². The molecule has 1 aromatic rings. The summed E-state index contributed by atoms with van der Waals surface area (Å²) in [5.74, 6) is -0.241. The lowest BCUT2D eigenvalue weighted by Gasteiger charge is -2.28. The highest BCUT2D eigenvalue weighted by Crippen LogP contribution is 2.15. The number of ether oxygens (including phenoxy) is 1. The van der Waals surface area contributed by atoms with Gasteiger partial charge in [-0.25, -0.2) is 0 Å². The van der Waals surface area contributed by atoms with E-state index >= 15 is 0 Å². The van der Waals surface area contributed by atoms with Gasteiger partial charge in [-0.3, -0.25) is 4.79 Å². The fraction of sp³-hybridized carbons (Fsp3) is 0.417. The Bertz CT molecular complexity index is 347. The zero-order chi connectivity index (χ0) is 11.4. The molecule has 16 heavy (non-hydrogen) atoms. The summed E-state index contributed by atoms with van der Waals surface area (Å²) in [5.41, 5.74) is 0.638. The molecular weight excluding hydrogens is 206 g/mol. The normalized spacial score (nSPS) is 18.2. The van der Waals surface area contributed by atoms with Crippen molar-refractivity contribution in [3.63, 3.8) is 0 Å². The second-order valence-corrected chi connectivity index (χ2v) is 3.75. The zero-order valence-corrected chi connectivity index (χ0v) is 9.00. The maximum atomic E-state index is 11.9. The summed E-state index contributed by atoms with van der Waals surface area (Å²) in [6.07, 6.45) is -1.06. The van der Waals surface area contributed by atoms with Crippen molar-refractivity contribution >= 4 is 5.91 Å². The number of aliphatic hydroxyl groups is 1. The smallest absolute Gasteiger partial charge is 0.256 e. The summed E-state index contributed by atoms with van der Waals surface area (Å²) in [4.78, 5) is 13.6. The maximum Gasteiger partial charge on any atom is 0.256 e.